The van der Waals surface area contributed by atoms with Gasteiger partial charge in [0.2, 0.25) is 0 Å². The molecule has 2 atom stereocenters. The summed E-state index contributed by atoms with van der Waals surface area (Å²) >= 11 is 0. The van der Waals surface area contributed by atoms with Crippen molar-refractivity contribution in [2.24, 2.45) is 0 Å². The molecule has 2 unspecified atom stereocenters. The van der Waals surface area contributed by atoms with Crippen LogP contribution in [0.5, 0.6) is 0 Å². The summed E-state index contributed by atoms with van der Waals surface area (Å²) in [6.45, 7) is 4.02. The van der Waals surface area contributed by atoms with E-state index in [4.69, 9.17) is 0 Å². The van der Waals surface area contributed by atoms with Gasteiger partial charge in [0.05, 0.1) is 18.2 Å². The Bertz CT molecular complexity index is 919. The molecule has 3 nitrogen and oxygen atoms in total. The molecule has 0 saturated heterocycles. The van der Waals surface area contributed by atoms with Gasteiger partial charge in [-0.1, -0.05) is 54.6 Å². The van der Waals surface area contributed by atoms with E-state index in [1.165, 1.54) is 38.6 Å². The Balaban J connectivity index is 1.78. The Morgan fingerprint density at radius 3 is 2.20 bits per heavy atom. The minimum atomic E-state index is -0.717. The lowest BCUT2D eigenvalue weighted by Crippen LogP contribution is -2.53. The fourth-order valence-corrected chi connectivity index (χ4v) is 3.66. The first-order valence-corrected chi connectivity index (χ1v) is 8.73. The van der Waals surface area contributed by atoms with Gasteiger partial charge in [0, 0.05) is 6.54 Å². The van der Waals surface area contributed by atoms with E-state index in [1.807, 2.05) is 6.92 Å². The zero-order valence-electron chi connectivity index (χ0n) is 14.6. The van der Waals surface area contributed by atoms with Crippen LogP contribution in [-0.2, 0) is 6.54 Å². The van der Waals surface area contributed by atoms with Crippen LogP contribution in [0, 0.1) is 0 Å². The third-order valence-corrected chi connectivity index (χ3v) is 5.57. The zero-order chi connectivity index (χ0) is 17.6. The van der Waals surface area contributed by atoms with Gasteiger partial charge in [0.25, 0.3) is 0 Å². The summed E-state index contributed by atoms with van der Waals surface area (Å²) < 4.78 is 0. The molecule has 1 aliphatic rings. The molecule has 0 bridgehead atoms. The van der Waals surface area contributed by atoms with E-state index in [0.717, 1.165) is 0 Å². The Morgan fingerprint density at radius 2 is 1.56 bits per heavy atom. The van der Waals surface area contributed by atoms with Crippen molar-refractivity contribution in [3.8, 4) is 22.3 Å². The van der Waals surface area contributed by atoms with Crippen LogP contribution in [0.15, 0.2) is 54.6 Å². The Kier molecular flexibility index (Phi) is 3.88. The maximum absolute atomic E-state index is 9.96. The van der Waals surface area contributed by atoms with Crippen LogP contribution in [0.2, 0.25) is 0 Å². The molecule has 0 heterocycles. The molecule has 0 aromatic heterocycles. The highest BCUT2D eigenvalue weighted by Gasteiger charge is 2.29. The summed E-state index contributed by atoms with van der Waals surface area (Å²) in [6.07, 6.45) is -0.640. The average Bonchev–Trinajstić information content (AvgIpc) is 2.97. The van der Waals surface area contributed by atoms with E-state index in [1.54, 1.807) is 6.92 Å². The average molecular weight is 333 g/mol. The highest BCUT2D eigenvalue weighted by atomic mass is 16.3. The lowest BCUT2D eigenvalue weighted by Gasteiger charge is -2.32. The maximum Gasteiger partial charge on any atom is 0.0713 e. The van der Waals surface area contributed by atoms with E-state index in [-0.39, 0.29) is 6.61 Å². The number of nitrogens with one attached hydrogen (secondary N) is 1. The molecule has 0 aliphatic heterocycles. The molecule has 3 aromatic carbocycles. The number of hydrogen-bond donors (Lipinski definition) is 3. The van der Waals surface area contributed by atoms with E-state index in [2.05, 4.69) is 59.9 Å². The van der Waals surface area contributed by atoms with E-state index < -0.39 is 11.6 Å². The van der Waals surface area contributed by atoms with E-state index in [0.29, 0.717) is 6.54 Å². The van der Waals surface area contributed by atoms with Crippen LogP contribution in [0.3, 0.4) is 0 Å². The van der Waals surface area contributed by atoms with Crippen LogP contribution in [0.4, 0.5) is 0 Å². The van der Waals surface area contributed by atoms with Crippen LogP contribution < -0.4 is 5.32 Å². The van der Waals surface area contributed by atoms with Crippen molar-refractivity contribution >= 4 is 10.8 Å². The fourth-order valence-electron chi connectivity index (χ4n) is 3.66. The first-order valence-electron chi connectivity index (χ1n) is 8.73. The highest BCUT2D eigenvalue weighted by molar-refractivity contribution is 6.15. The van der Waals surface area contributed by atoms with Gasteiger partial charge in [-0.25, -0.2) is 0 Å². The van der Waals surface area contributed by atoms with Crippen LogP contribution in [-0.4, -0.2) is 28.5 Å². The first-order chi connectivity index (χ1) is 12.0. The molecule has 0 saturated carbocycles. The zero-order valence-corrected chi connectivity index (χ0v) is 14.6. The molecular weight excluding hydrogens is 310 g/mol. The van der Waals surface area contributed by atoms with Crippen molar-refractivity contribution in [1.29, 1.82) is 0 Å². The van der Waals surface area contributed by atoms with Gasteiger partial charge in [-0.05, 0) is 52.4 Å². The van der Waals surface area contributed by atoms with Gasteiger partial charge in [0.15, 0.2) is 0 Å². The number of aliphatic hydroxyl groups excluding tert-OH is 2. The molecule has 3 aromatic rings. The van der Waals surface area contributed by atoms with Crippen molar-refractivity contribution in [2.75, 3.05) is 6.61 Å². The van der Waals surface area contributed by atoms with Gasteiger partial charge in [0.1, 0.15) is 0 Å². The first kappa shape index (κ1) is 16.3. The normalized spacial score (nSPS) is 15.8. The molecule has 0 amide bonds. The third-order valence-electron chi connectivity index (χ3n) is 5.57. The van der Waals surface area contributed by atoms with Gasteiger partial charge >= 0.3 is 0 Å². The Morgan fingerprint density at radius 1 is 0.920 bits per heavy atom. The molecule has 0 radical (unpaired) electrons. The minimum absolute atomic E-state index is 0.114. The van der Waals surface area contributed by atoms with Crippen LogP contribution in [0.25, 0.3) is 33.0 Å². The lowest BCUT2D eigenvalue weighted by atomic mass is 9.95. The summed E-state index contributed by atoms with van der Waals surface area (Å²) in [4.78, 5) is 0. The minimum Gasteiger partial charge on any atom is -0.394 e. The highest BCUT2D eigenvalue weighted by Crippen LogP contribution is 2.47. The summed E-state index contributed by atoms with van der Waals surface area (Å²) in [5.74, 6) is 0. The summed E-state index contributed by atoms with van der Waals surface area (Å²) in [5, 5.41) is 25.5. The topological polar surface area (TPSA) is 52.5 Å². The Hall–Kier alpha value is -2.20. The van der Waals surface area contributed by atoms with Crippen LogP contribution >= 0.6 is 0 Å². The van der Waals surface area contributed by atoms with E-state index in [9.17, 15) is 10.2 Å². The quantitative estimate of drug-likeness (QED) is 0.522. The molecule has 0 spiro atoms. The second-order valence-corrected chi connectivity index (χ2v) is 7.15. The number of benzene rings is 3. The predicted molar refractivity (Wildman–Crippen MR) is 102 cm³/mol. The monoisotopic (exact) mass is 333 g/mol. The number of rotatable bonds is 5. The van der Waals surface area contributed by atoms with Crippen molar-refractivity contribution in [1.82, 2.24) is 5.32 Å². The SMILES string of the molecule is CC(O)C(C)(CO)NCc1ccc2c3c(cccc13)-c1ccccc1-2. The smallest absolute Gasteiger partial charge is 0.0713 e. The van der Waals surface area contributed by atoms with Crippen LogP contribution in [0.1, 0.15) is 19.4 Å². The predicted octanol–water partition coefficient (Wildman–Crippen LogP) is 3.71. The molecule has 0 fully saturated rings. The second kappa shape index (κ2) is 5.95. The number of aliphatic hydroxyl groups is 2. The maximum atomic E-state index is 9.96. The Labute approximate surface area is 147 Å². The lowest BCUT2D eigenvalue weighted by molar-refractivity contribution is 0.0404. The molecular formula is C22H23NO2. The molecule has 128 valence electrons. The number of fused-ring (bicyclic) bond motifs is 3. The summed E-state index contributed by atoms with van der Waals surface area (Å²) in [5.41, 5.74) is 5.60. The molecule has 25 heavy (non-hydrogen) atoms. The van der Waals surface area contributed by atoms with Gasteiger partial charge < -0.3 is 15.5 Å². The molecule has 3 N–H and O–H groups in total. The third kappa shape index (κ3) is 2.47. The van der Waals surface area contributed by atoms with Crippen molar-refractivity contribution in [2.45, 2.75) is 32.0 Å². The largest absolute Gasteiger partial charge is 0.394 e. The number of hydrogen-bond acceptors (Lipinski definition) is 3. The molecule has 1 aliphatic carbocycles. The van der Waals surface area contributed by atoms with Crippen molar-refractivity contribution < 1.29 is 10.2 Å². The summed E-state index contributed by atoms with van der Waals surface area (Å²) in [7, 11) is 0. The van der Waals surface area contributed by atoms with E-state index >= 15 is 0 Å². The second-order valence-electron chi connectivity index (χ2n) is 7.15. The standard InChI is InChI=1S/C22H23NO2/c1-14(25)22(2,13-24)23-12-15-10-11-20-18-7-4-3-6-17(18)19-9-5-8-16(15)21(19)20/h3-11,14,23-25H,12-13H2,1-2H3. The molecule has 4 rings (SSSR count). The van der Waals surface area contributed by atoms with Crippen molar-refractivity contribution in [3.63, 3.8) is 0 Å². The van der Waals surface area contributed by atoms with Gasteiger partial charge in [-0.3, -0.25) is 0 Å². The summed E-state index contributed by atoms with van der Waals surface area (Å²) in [6, 6.07) is 19.3. The van der Waals surface area contributed by atoms with Crippen molar-refractivity contribution in [3.05, 3.63) is 60.2 Å². The molecule has 3 heteroatoms. The van der Waals surface area contributed by atoms with Gasteiger partial charge in [-0.2, -0.15) is 0 Å². The van der Waals surface area contributed by atoms with Gasteiger partial charge in [-0.15, -0.1) is 0 Å². The fraction of sp³-hybridized carbons (Fsp3) is 0.273.